The molecule has 96 valence electrons. The van der Waals surface area contributed by atoms with E-state index in [0.29, 0.717) is 28.0 Å². The standard InChI is InChI=1S/C12H8ClN3O3/c13-9-1-2-10(7(3-9)6-17)8-4-14-11(15-5-8)16-12(18)19/h1-6H,(H,18,19)(H,14,15,16). The van der Waals surface area contributed by atoms with Crippen LogP contribution >= 0.6 is 11.6 Å². The minimum absolute atomic E-state index is 0.0298. The first kappa shape index (κ1) is 13.0. The molecule has 0 radical (unpaired) electrons. The molecule has 2 rings (SSSR count). The van der Waals surface area contributed by atoms with E-state index < -0.39 is 6.09 Å². The molecule has 0 aliphatic rings. The molecule has 1 aromatic carbocycles. The van der Waals surface area contributed by atoms with Crippen LogP contribution in [-0.4, -0.2) is 27.5 Å². The SMILES string of the molecule is O=Cc1cc(Cl)ccc1-c1cnc(NC(=O)O)nc1. The molecule has 1 heterocycles. The van der Waals surface area contributed by atoms with E-state index in [1.807, 2.05) is 5.32 Å². The smallest absolute Gasteiger partial charge is 0.411 e. The van der Waals surface area contributed by atoms with Crippen molar-refractivity contribution in [1.29, 1.82) is 0 Å². The fourth-order valence-electron chi connectivity index (χ4n) is 1.52. The molecule has 0 spiro atoms. The number of nitrogens with zero attached hydrogens (tertiary/aromatic N) is 2. The molecule has 6 nitrogen and oxygen atoms in total. The van der Waals surface area contributed by atoms with Crippen LogP contribution in [0, 0.1) is 0 Å². The topological polar surface area (TPSA) is 92.2 Å². The zero-order chi connectivity index (χ0) is 13.8. The van der Waals surface area contributed by atoms with Gasteiger partial charge in [0.2, 0.25) is 5.95 Å². The van der Waals surface area contributed by atoms with E-state index in [-0.39, 0.29) is 5.95 Å². The average molecular weight is 278 g/mol. The number of nitrogens with one attached hydrogen (secondary N) is 1. The maximum atomic E-state index is 11.0. The number of aldehydes is 1. The number of halogens is 1. The lowest BCUT2D eigenvalue weighted by Gasteiger charge is -2.05. The van der Waals surface area contributed by atoms with Crippen molar-refractivity contribution in [2.75, 3.05) is 5.32 Å². The highest BCUT2D eigenvalue weighted by Crippen LogP contribution is 2.24. The van der Waals surface area contributed by atoms with E-state index in [9.17, 15) is 9.59 Å². The van der Waals surface area contributed by atoms with Gasteiger partial charge in [-0.3, -0.25) is 10.1 Å². The van der Waals surface area contributed by atoms with E-state index in [1.54, 1.807) is 12.1 Å². The molecule has 0 aliphatic carbocycles. The van der Waals surface area contributed by atoms with Gasteiger partial charge in [0.25, 0.3) is 0 Å². The van der Waals surface area contributed by atoms with Gasteiger partial charge in [-0.05, 0) is 17.7 Å². The van der Waals surface area contributed by atoms with E-state index >= 15 is 0 Å². The predicted octanol–water partition coefficient (Wildman–Crippen LogP) is 2.70. The monoisotopic (exact) mass is 277 g/mol. The van der Waals surface area contributed by atoms with Crippen molar-refractivity contribution in [2.45, 2.75) is 0 Å². The molecular formula is C12H8ClN3O3. The van der Waals surface area contributed by atoms with Crippen LogP contribution in [0.1, 0.15) is 10.4 Å². The third-order valence-electron chi connectivity index (χ3n) is 2.32. The Balaban J connectivity index is 2.37. The number of hydrogen-bond donors (Lipinski definition) is 2. The summed E-state index contributed by atoms with van der Waals surface area (Å²) in [5.74, 6) is -0.0298. The Kier molecular flexibility index (Phi) is 3.72. The van der Waals surface area contributed by atoms with Crippen LogP contribution in [0.5, 0.6) is 0 Å². The van der Waals surface area contributed by atoms with E-state index in [2.05, 4.69) is 9.97 Å². The summed E-state index contributed by atoms with van der Waals surface area (Å²) in [6.07, 6.45) is 2.29. The summed E-state index contributed by atoms with van der Waals surface area (Å²) in [4.78, 5) is 29.1. The molecule has 1 amide bonds. The first-order valence-corrected chi connectivity index (χ1v) is 5.55. The Bertz CT molecular complexity index is 629. The number of aromatic nitrogens is 2. The van der Waals surface area contributed by atoms with Crippen molar-refractivity contribution in [3.8, 4) is 11.1 Å². The molecule has 0 fully saturated rings. The minimum atomic E-state index is -1.24. The molecular weight excluding hydrogens is 270 g/mol. The number of rotatable bonds is 3. The average Bonchev–Trinajstić information content (AvgIpc) is 2.39. The van der Waals surface area contributed by atoms with Crippen molar-refractivity contribution in [2.24, 2.45) is 0 Å². The number of anilines is 1. The van der Waals surface area contributed by atoms with Gasteiger partial charge in [0.05, 0.1) is 0 Å². The lowest BCUT2D eigenvalue weighted by Crippen LogP contribution is -2.10. The third kappa shape index (κ3) is 3.05. The number of hydrogen-bond acceptors (Lipinski definition) is 4. The molecule has 1 aromatic heterocycles. The molecule has 0 saturated carbocycles. The quantitative estimate of drug-likeness (QED) is 0.842. The molecule has 0 atom stereocenters. The Morgan fingerprint density at radius 2 is 2.00 bits per heavy atom. The molecule has 0 aliphatic heterocycles. The predicted molar refractivity (Wildman–Crippen MR) is 69.5 cm³/mol. The normalized spacial score (nSPS) is 9.95. The van der Waals surface area contributed by atoms with Crippen molar-refractivity contribution < 1.29 is 14.7 Å². The van der Waals surface area contributed by atoms with Crippen molar-refractivity contribution >= 4 is 29.9 Å². The zero-order valence-corrected chi connectivity index (χ0v) is 10.3. The Morgan fingerprint density at radius 1 is 1.32 bits per heavy atom. The number of carboxylic acid groups (broad SMARTS) is 1. The second kappa shape index (κ2) is 5.45. The van der Waals surface area contributed by atoms with E-state index in [1.165, 1.54) is 18.5 Å². The third-order valence-corrected chi connectivity index (χ3v) is 2.56. The van der Waals surface area contributed by atoms with Gasteiger partial charge in [0.15, 0.2) is 6.29 Å². The lowest BCUT2D eigenvalue weighted by molar-refractivity contribution is 0.112. The van der Waals surface area contributed by atoms with Crippen LogP contribution in [0.4, 0.5) is 10.7 Å². The second-order valence-electron chi connectivity index (χ2n) is 3.57. The van der Waals surface area contributed by atoms with Crippen molar-refractivity contribution in [3.05, 3.63) is 41.2 Å². The van der Waals surface area contributed by atoms with E-state index in [4.69, 9.17) is 16.7 Å². The Hall–Kier alpha value is -2.47. The van der Waals surface area contributed by atoms with Crippen molar-refractivity contribution in [1.82, 2.24) is 9.97 Å². The Labute approximate surface area is 113 Å². The van der Waals surface area contributed by atoms with Gasteiger partial charge in [-0.15, -0.1) is 0 Å². The number of carbonyl (C=O) groups is 2. The molecule has 19 heavy (non-hydrogen) atoms. The molecule has 0 unspecified atom stereocenters. The van der Waals surface area contributed by atoms with Gasteiger partial charge in [-0.25, -0.2) is 14.8 Å². The first-order valence-electron chi connectivity index (χ1n) is 5.17. The van der Waals surface area contributed by atoms with Gasteiger partial charge < -0.3 is 5.11 Å². The van der Waals surface area contributed by atoms with Crippen LogP contribution in [0.25, 0.3) is 11.1 Å². The zero-order valence-electron chi connectivity index (χ0n) is 9.50. The summed E-state index contributed by atoms with van der Waals surface area (Å²) < 4.78 is 0. The second-order valence-corrected chi connectivity index (χ2v) is 4.01. The highest BCUT2D eigenvalue weighted by molar-refractivity contribution is 6.31. The lowest BCUT2D eigenvalue weighted by atomic mass is 10.0. The van der Waals surface area contributed by atoms with Crippen LogP contribution < -0.4 is 5.32 Å². The number of carbonyl (C=O) groups excluding carboxylic acids is 1. The van der Waals surface area contributed by atoms with Gasteiger partial charge in [-0.1, -0.05) is 17.7 Å². The van der Waals surface area contributed by atoms with Gasteiger partial charge in [-0.2, -0.15) is 0 Å². The summed E-state index contributed by atoms with van der Waals surface area (Å²) in [7, 11) is 0. The van der Waals surface area contributed by atoms with Gasteiger partial charge >= 0.3 is 6.09 Å². The van der Waals surface area contributed by atoms with Crippen LogP contribution in [0.3, 0.4) is 0 Å². The maximum Gasteiger partial charge on any atom is 0.411 e. The van der Waals surface area contributed by atoms with E-state index in [0.717, 1.165) is 0 Å². The summed E-state index contributed by atoms with van der Waals surface area (Å²) >= 11 is 5.80. The summed E-state index contributed by atoms with van der Waals surface area (Å²) in [5, 5.41) is 11.0. The highest BCUT2D eigenvalue weighted by Gasteiger charge is 2.07. The molecule has 0 bridgehead atoms. The minimum Gasteiger partial charge on any atom is -0.465 e. The summed E-state index contributed by atoms with van der Waals surface area (Å²) in [5.41, 5.74) is 1.63. The Morgan fingerprint density at radius 3 is 2.58 bits per heavy atom. The van der Waals surface area contributed by atoms with Crippen molar-refractivity contribution in [3.63, 3.8) is 0 Å². The molecule has 2 N–H and O–H groups in total. The maximum absolute atomic E-state index is 11.0. The van der Waals surface area contributed by atoms with Crippen LogP contribution in [-0.2, 0) is 0 Å². The largest absolute Gasteiger partial charge is 0.465 e. The van der Waals surface area contributed by atoms with Gasteiger partial charge in [0, 0.05) is 28.5 Å². The molecule has 0 saturated heterocycles. The fourth-order valence-corrected chi connectivity index (χ4v) is 1.70. The molecule has 7 heteroatoms. The molecule has 2 aromatic rings. The summed E-state index contributed by atoms with van der Waals surface area (Å²) in [6, 6.07) is 4.86. The number of amides is 1. The highest BCUT2D eigenvalue weighted by atomic mass is 35.5. The van der Waals surface area contributed by atoms with Crippen LogP contribution in [0.2, 0.25) is 5.02 Å². The fraction of sp³-hybridized carbons (Fsp3) is 0. The van der Waals surface area contributed by atoms with Crippen LogP contribution in [0.15, 0.2) is 30.6 Å². The van der Waals surface area contributed by atoms with Gasteiger partial charge in [0.1, 0.15) is 0 Å². The summed E-state index contributed by atoms with van der Waals surface area (Å²) in [6.45, 7) is 0. The first-order chi connectivity index (χ1) is 9.10. The number of benzene rings is 1.